The molecule has 1 aromatic carbocycles. The van der Waals surface area contributed by atoms with Crippen molar-refractivity contribution in [3.63, 3.8) is 0 Å². The lowest BCUT2D eigenvalue weighted by molar-refractivity contribution is -0.137. The minimum Gasteiger partial charge on any atom is -0.409 e. The maximum atomic E-state index is 14.9. The summed E-state index contributed by atoms with van der Waals surface area (Å²) in [5.41, 5.74) is 4.89. The van der Waals surface area contributed by atoms with Crippen LogP contribution in [0.3, 0.4) is 0 Å². The second kappa shape index (κ2) is 8.71. The Morgan fingerprint density at radius 2 is 2.00 bits per heavy atom. The van der Waals surface area contributed by atoms with Gasteiger partial charge in [0.2, 0.25) is 11.8 Å². The summed E-state index contributed by atoms with van der Waals surface area (Å²) in [5, 5.41) is 12.0. The molecule has 2 atom stereocenters. The molecule has 0 saturated carbocycles. The van der Waals surface area contributed by atoms with E-state index in [0.717, 1.165) is 21.9 Å². The van der Waals surface area contributed by atoms with Crippen LogP contribution in [0.1, 0.15) is 17.7 Å². The topological polar surface area (TPSA) is 115 Å². The number of hydrogen-bond acceptors (Lipinski definition) is 6. The van der Waals surface area contributed by atoms with E-state index < -0.39 is 41.3 Å². The average Bonchev–Trinajstić information content (AvgIpc) is 3.11. The normalized spacial score (nSPS) is 21.1. The lowest BCUT2D eigenvalue weighted by Gasteiger charge is -2.38. The van der Waals surface area contributed by atoms with E-state index in [1.807, 2.05) is 0 Å². The van der Waals surface area contributed by atoms with Crippen molar-refractivity contribution in [3.05, 3.63) is 47.4 Å². The first kappa shape index (κ1) is 24.2. The molecule has 0 bridgehead atoms. The Hall–Kier alpha value is -3.90. The molecule has 1 saturated heterocycles. The fourth-order valence-electron chi connectivity index (χ4n) is 4.63. The minimum atomic E-state index is -4.68. The number of carbonyl (C=O) groups is 2. The van der Waals surface area contributed by atoms with Crippen LogP contribution < -0.4 is 20.4 Å². The number of anilines is 3. The maximum Gasteiger partial charge on any atom is 0.416 e. The van der Waals surface area contributed by atoms with Crippen LogP contribution in [-0.2, 0) is 15.8 Å². The van der Waals surface area contributed by atoms with Crippen molar-refractivity contribution in [3.8, 4) is 0 Å². The van der Waals surface area contributed by atoms with Gasteiger partial charge >= 0.3 is 6.18 Å². The third-order valence-corrected chi connectivity index (χ3v) is 6.11. The van der Waals surface area contributed by atoms with Gasteiger partial charge < -0.3 is 20.7 Å². The largest absolute Gasteiger partial charge is 0.416 e. The molecule has 2 aliphatic heterocycles. The Labute approximate surface area is 197 Å². The Balaban J connectivity index is 1.85. The van der Waals surface area contributed by atoms with Gasteiger partial charge in [-0.05, 0) is 31.2 Å². The number of benzene rings is 1. The van der Waals surface area contributed by atoms with Crippen molar-refractivity contribution in [1.29, 1.82) is 0 Å². The highest BCUT2D eigenvalue weighted by molar-refractivity contribution is 6.10. The molecule has 4 rings (SSSR count). The molecule has 9 nitrogen and oxygen atoms in total. The molecule has 0 unspecified atom stereocenters. The summed E-state index contributed by atoms with van der Waals surface area (Å²) in [6.45, 7) is 1.08. The predicted molar refractivity (Wildman–Crippen MR) is 119 cm³/mol. The van der Waals surface area contributed by atoms with E-state index in [4.69, 9.17) is 10.9 Å². The van der Waals surface area contributed by atoms with Gasteiger partial charge in [0.1, 0.15) is 17.7 Å². The lowest BCUT2D eigenvalue weighted by atomic mass is 9.95. The molecule has 2 amide bonds. The van der Waals surface area contributed by atoms with Crippen LogP contribution in [0.2, 0.25) is 0 Å². The number of aryl methyl sites for hydroxylation is 1. The highest BCUT2D eigenvalue weighted by atomic mass is 19.4. The van der Waals surface area contributed by atoms with Gasteiger partial charge in [0.15, 0.2) is 5.84 Å². The number of alkyl halides is 3. The number of carbonyl (C=O) groups excluding carboxylic acids is 2. The molecule has 0 radical (unpaired) electrons. The maximum absolute atomic E-state index is 14.9. The smallest absolute Gasteiger partial charge is 0.409 e. The number of amidine groups is 1. The number of hydrogen-bond donors (Lipinski definition) is 2. The third-order valence-electron chi connectivity index (χ3n) is 6.11. The highest BCUT2D eigenvalue weighted by Crippen LogP contribution is 2.41. The first-order valence-corrected chi connectivity index (χ1v) is 10.6. The Morgan fingerprint density at radius 1 is 1.29 bits per heavy atom. The number of nitrogens with zero attached hydrogens (tertiary/aromatic N) is 5. The molecule has 186 valence electrons. The van der Waals surface area contributed by atoms with Crippen LogP contribution >= 0.6 is 0 Å². The van der Waals surface area contributed by atoms with E-state index in [-0.39, 0.29) is 48.2 Å². The molecule has 2 aromatic rings. The minimum absolute atomic E-state index is 0.0207. The summed E-state index contributed by atoms with van der Waals surface area (Å²) >= 11 is 0. The standard InChI is InChI=1S/C22H22F4N6O3/c1-11-6-13(22(24,25)26)8-17(28-11)32-18(33)7-12-9-31(10-16(27)29-35)20-14(23)4-3-5-15(20)30(2)21(34)19(12)32/h3-6,8,12,19,35H,7,9-10H2,1-2H3,(H2,27,29)/t12-,19+/m1/s1. The molecule has 0 spiro atoms. The molecule has 0 aliphatic carbocycles. The van der Waals surface area contributed by atoms with Gasteiger partial charge in [-0.2, -0.15) is 13.2 Å². The number of aromatic nitrogens is 1. The fraction of sp³-hybridized carbons (Fsp3) is 0.364. The predicted octanol–water partition coefficient (Wildman–Crippen LogP) is 2.50. The van der Waals surface area contributed by atoms with Crippen molar-refractivity contribution >= 4 is 34.8 Å². The summed E-state index contributed by atoms with van der Waals surface area (Å²) in [5.74, 6) is -3.13. The Morgan fingerprint density at radius 3 is 2.66 bits per heavy atom. The zero-order valence-corrected chi connectivity index (χ0v) is 18.8. The Kier molecular flexibility index (Phi) is 6.03. The van der Waals surface area contributed by atoms with Crippen LogP contribution in [0.25, 0.3) is 0 Å². The van der Waals surface area contributed by atoms with Crippen LogP contribution in [0, 0.1) is 18.7 Å². The van der Waals surface area contributed by atoms with Crippen molar-refractivity contribution in [2.75, 3.05) is 34.8 Å². The lowest BCUT2D eigenvalue weighted by Crippen LogP contribution is -2.53. The van der Waals surface area contributed by atoms with Crippen LogP contribution in [0.15, 0.2) is 35.5 Å². The van der Waals surface area contributed by atoms with Crippen molar-refractivity contribution < 1.29 is 32.4 Å². The molecule has 2 aliphatic rings. The number of fused-ring (bicyclic) bond motifs is 2. The van der Waals surface area contributed by atoms with Crippen molar-refractivity contribution in [2.45, 2.75) is 25.6 Å². The summed E-state index contributed by atoms with van der Waals surface area (Å²) in [6.07, 6.45) is -4.88. The summed E-state index contributed by atoms with van der Waals surface area (Å²) in [4.78, 5) is 34.4. The first-order chi connectivity index (χ1) is 16.4. The van der Waals surface area contributed by atoms with Gasteiger partial charge in [-0.25, -0.2) is 9.37 Å². The number of para-hydroxylation sites is 1. The van der Waals surface area contributed by atoms with E-state index in [9.17, 15) is 27.2 Å². The number of rotatable bonds is 3. The molecular formula is C22H22F4N6O3. The number of likely N-dealkylation sites (N-methyl/N-ethyl adjacent to an activating group) is 1. The van der Waals surface area contributed by atoms with Gasteiger partial charge in [0, 0.05) is 31.6 Å². The molecule has 35 heavy (non-hydrogen) atoms. The first-order valence-electron chi connectivity index (χ1n) is 10.6. The number of pyridine rings is 1. The van der Waals surface area contributed by atoms with Crippen LogP contribution in [0.4, 0.5) is 34.8 Å². The van der Waals surface area contributed by atoms with E-state index >= 15 is 0 Å². The molecule has 3 N–H and O–H groups in total. The highest BCUT2D eigenvalue weighted by Gasteiger charge is 2.49. The van der Waals surface area contributed by atoms with Gasteiger partial charge in [-0.3, -0.25) is 14.5 Å². The summed E-state index contributed by atoms with van der Waals surface area (Å²) in [7, 11) is 1.39. The molecule has 1 fully saturated rings. The average molecular weight is 494 g/mol. The second-order valence-corrected chi connectivity index (χ2v) is 8.50. The monoisotopic (exact) mass is 494 g/mol. The zero-order chi connectivity index (χ0) is 25.7. The number of nitrogens with two attached hydrogens (primary N) is 1. The number of halogens is 4. The molecule has 13 heteroatoms. The van der Waals surface area contributed by atoms with E-state index in [1.54, 1.807) is 0 Å². The third kappa shape index (κ3) is 4.33. The number of oxime groups is 1. The van der Waals surface area contributed by atoms with Crippen LogP contribution in [-0.4, -0.2) is 54.0 Å². The van der Waals surface area contributed by atoms with Crippen molar-refractivity contribution in [2.24, 2.45) is 16.8 Å². The zero-order valence-electron chi connectivity index (χ0n) is 18.8. The SMILES string of the molecule is Cc1cc(C(F)(F)F)cc(N2C(=O)C[C@@H]3CN(CC(N)=NO)c4c(F)cccc4N(C)C(=O)[C@H]32)n1. The van der Waals surface area contributed by atoms with Gasteiger partial charge in [-0.1, -0.05) is 11.2 Å². The van der Waals surface area contributed by atoms with E-state index in [2.05, 4.69) is 10.1 Å². The quantitative estimate of drug-likeness (QED) is 0.223. The molecular weight excluding hydrogens is 472 g/mol. The Bertz CT molecular complexity index is 1220. The second-order valence-electron chi connectivity index (χ2n) is 8.50. The van der Waals surface area contributed by atoms with E-state index in [0.29, 0.717) is 0 Å². The van der Waals surface area contributed by atoms with Gasteiger partial charge in [-0.15, -0.1) is 0 Å². The van der Waals surface area contributed by atoms with Crippen molar-refractivity contribution in [1.82, 2.24) is 4.98 Å². The van der Waals surface area contributed by atoms with E-state index in [1.165, 1.54) is 37.1 Å². The summed E-state index contributed by atoms with van der Waals surface area (Å²) < 4.78 is 55.3. The molecule has 3 heterocycles. The van der Waals surface area contributed by atoms with Crippen LogP contribution in [0.5, 0.6) is 0 Å². The van der Waals surface area contributed by atoms with Gasteiger partial charge in [0.05, 0.1) is 23.5 Å². The van der Waals surface area contributed by atoms with Gasteiger partial charge in [0.25, 0.3) is 0 Å². The summed E-state index contributed by atoms with van der Waals surface area (Å²) in [6, 6.07) is 4.47. The molecule has 1 aromatic heterocycles. The fourth-order valence-corrected chi connectivity index (χ4v) is 4.63. The number of amides is 2.